The molecule has 1 fully saturated rings. The van der Waals surface area contributed by atoms with Gasteiger partial charge in [-0.15, -0.1) is 0 Å². The topological polar surface area (TPSA) is 35.2 Å². The monoisotopic (exact) mass is 233 g/mol. The zero-order valence-electron chi connectivity index (χ0n) is 10.9. The molecule has 2 nitrogen and oxygen atoms in total. The van der Waals surface area contributed by atoms with Crippen molar-refractivity contribution in [1.82, 2.24) is 0 Å². The molecule has 2 rings (SSSR count). The third kappa shape index (κ3) is 2.63. The van der Waals surface area contributed by atoms with Crippen LogP contribution in [0.15, 0.2) is 24.3 Å². The van der Waals surface area contributed by atoms with Crippen LogP contribution in [0.3, 0.4) is 0 Å². The Morgan fingerprint density at radius 1 is 1.24 bits per heavy atom. The molecule has 0 radical (unpaired) electrons. The standard InChI is InChI=1S/C15H23NO/c1-12(2)13-7-3-4-8-14(13)17-15(11-16)9-5-6-10-15/h3-4,7-8,12H,5-6,9-11,16H2,1-2H3. The fraction of sp³-hybridized carbons (Fsp3) is 0.600. The first kappa shape index (κ1) is 12.4. The molecule has 0 heterocycles. The Labute approximate surface area is 104 Å². The number of ether oxygens (including phenoxy) is 1. The number of rotatable bonds is 4. The van der Waals surface area contributed by atoms with Crippen LogP contribution in [-0.4, -0.2) is 12.1 Å². The zero-order chi connectivity index (χ0) is 12.3. The molecule has 0 saturated heterocycles. The van der Waals surface area contributed by atoms with Crippen LogP contribution in [0.2, 0.25) is 0 Å². The quantitative estimate of drug-likeness (QED) is 0.864. The van der Waals surface area contributed by atoms with Gasteiger partial charge in [-0.1, -0.05) is 32.0 Å². The summed E-state index contributed by atoms with van der Waals surface area (Å²) < 4.78 is 6.28. The van der Waals surface area contributed by atoms with Crippen LogP contribution >= 0.6 is 0 Å². The average Bonchev–Trinajstić information content (AvgIpc) is 2.79. The van der Waals surface area contributed by atoms with E-state index in [1.807, 2.05) is 6.07 Å². The zero-order valence-corrected chi connectivity index (χ0v) is 10.9. The number of hydrogen-bond donors (Lipinski definition) is 1. The molecule has 1 aliphatic carbocycles. The van der Waals surface area contributed by atoms with Crippen LogP contribution < -0.4 is 10.5 Å². The molecule has 1 aromatic carbocycles. The third-order valence-corrected chi connectivity index (χ3v) is 3.75. The highest BCUT2D eigenvalue weighted by Crippen LogP contribution is 2.36. The second kappa shape index (κ2) is 5.09. The number of nitrogens with two attached hydrogens (primary N) is 1. The molecular formula is C15H23NO. The van der Waals surface area contributed by atoms with Crippen molar-refractivity contribution in [1.29, 1.82) is 0 Å². The largest absolute Gasteiger partial charge is 0.486 e. The van der Waals surface area contributed by atoms with Crippen LogP contribution in [-0.2, 0) is 0 Å². The Hall–Kier alpha value is -1.02. The smallest absolute Gasteiger partial charge is 0.123 e. The van der Waals surface area contributed by atoms with Crippen molar-refractivity contribution in [2.45, 2.75) is 51.0 Å². The maximum absolute atomic E-state index is 6.28. The lowest BCUT2D eigenvalue weighted by atomic mass is 9.99. The maximum atomic E-state index is 6.28. The van der Waals surface area contributed by atoms with Gasteiger partial charge < -0.3 is 10.5 Å². The lowest BCUT2D eigenvalue weighted by molar-refractivity contribution is 0.0838. The van der Waals surface area contributed by atoms with Gasteiger partial charge in [0.25, 0.3) is 0 Å². The van der Waals surface area contributed by atoms with E-state index in [1.54, 1.807) is 0 Å². The molecule has 17 heavy (non-hydrogen) atoms. The van der Waals surface area contributed by atoms with E-state index in [9.17, 15) is 0 Å². The van der Waals surface area contributed by atoms with E-state index in [1.165, 1.54) is 18.4 Å². The Morgan fingerprint density at radius 2 is 1.88 bits per heavy atom. The molecule has 1 aliphatic rings. The van der Waals surface area contributed by atoms with Crippen LogP contribution in [0.1, 0.15) is 51.0 Å². The second-order valence-corrected chi connectivity index (χ2v) is 5.39. The highest BCUT2D eigenvalue weighted by molar-refractivity contribution is 5.36. The van der Waals surface area contributed by atoms with E-state index < -0.39 is 0 Å². The molecule has 2 heteroatoms. The second-order valence-electron chi connectivity index (χ2n) is 5.39. The number of para-hydroxylation sites is 1. The summed E-state index contributed by atoms with van der Waals surface area (Å²) in [6.45, 7) is 5.03. The molecule has 0 unspecified atom stereocenters. The van der Waals surface area contributed by atoms with Gasteiger partial charge in [-0.2, -0.15) is 0 Å². The van der Waals surface area contributed by atoms with E-state index in [0.29, 0.717) is 12.5 Å². The molecule has 0 spiro atoms. The molecule has 1 aromatic rings. The van der Waals surface area contributed by atoms with Gasteiger partial charge >= 0.3 is 0 Å². The van der Waals surface area contributed by atoms with Crippen molar-refractivity contribution in [2.75, 3.05) is 6.54 Å². The summed E-state index contributed by atoms with van der Waals surface area (Å²) in [6.07, 6.45) is 4.66. The number of benzene rings is 1. The van der Waals surface area contributed by atoms with Crippen molar-refractivity contribution >= 4 is 0 Å². The van der Waals surface area contributed by atoms with Crippen LogP contribution in [0, 0.1) is 0 Å². The summed E-state index contributed by atoms with van der Waals surface area (Å²) >= 11 is 0. The molecule has 94 valence electrons. The summed E-state index contributed by atoms with van der Waals surface area (Å²) in [5.74, 6) is 1.51. The Balaban J connectivity index is 2.22. The SMILES string of the molecule is CC(C)c1ccccc1OC1(CN)CCCC1. The molecule has 0 aromatic heterocycles. The Kier molecular flexibility index (Phi) is 3.72. The average molecular weight is 233 g/mol. The van der Waals surface area contributed by atoms with Gasteiger partial charge in [0.05, 0.1) is 0 Å². The van der Waals surface area contributed by atoms with E-state index >= 15 is 0 Å². The minimum absolute atomic E-state index is 0.106. The van der Waals surface area contributed by atoms with Gasteiger partial charge in [0.2, 0.25) is 0 Å². The highest BCUT2D eigenvalue weighted by atomic mass is 16.5. The summed E-state index contributed by atoms with van der Waals surface area (Å²) in [6, 6.07) is 8.34. The van der Waals surface area contributed by atoms with Crippen molar-refractivity contribution in [3.8, 4) is 5.75 Å². The van der Waals surface area contributed by atoms with Crippen molar-refractivity contribution in [3.05, 3.63) is 29.8 Å². The maximum Gasteiger partial charge on any atom is 0.123 e. The van der Waals surface area contributed by atoms with E-state index in [0.717, 1.165) is 18.6 Å². The van der Waals surface area contributed by atoms with Gasteiger partial charge in [-0.25, -0.2) is 0 Å². The van der Waals surface area contributed by atoms with E-state index in [-0.39, 0.29) is 5.60 Å². The Bertz CT molecular complexity index is 367. The molecule has 0 aliphatic heterocycles. The summed E-state index contributed by atoms with van der Waals surface area (Å²) in [5, 5.41) is 0. The molecular weight excluding hydrogens is 210 g/mol. The lowest BCUT2D eigenvalue weighted by Gasteiger charge is -2.30. The van der Waals surface area contributed by atoms with Gasteiger partial charge in [-0.3, -0.25) is 0 Å². The summed E-state index contributed by atoms with van der Waals surface area (Å²) in [4.78, 5) is 0. The minimum atomic E-state index is -0.106. The first-order valence-corrected chi connectivity index (χ1v) is 6.65. The highest BCUT2D eigenvalue weighted by Gasteiger charge is 2.35. The van der Waals surface area contributed by atoms with Gasteiger partial charge in [0.15, 0.2) is 0 Å². The van der Waals surface area contributed by atoms with Crippen LogP contribution in [0.25, 0.3) is 0 Å². The lowest BCUT2D eigenvalue weighted by Crippen LogP contribution is -2.41. The fourth-order valence-corrected chi connectivity index (χ4v) is 2.65. The summed E-state index contributed by atoms with van der Waals surface area (Å²) in [7, 11) is 0. The van der Waals surface area contributed by atoms with Crippen molar-refractivity contribution < 1.29 is 4.74 Å². The minimum Gasteiger partial charge on any atom is -0.486 e. The van der Waals surface area contributed by atoms with Crippen molar-refractivity contribution in [3.63, 3.8) is 0 Å². The first-order valence-electron chi connectivity index (χ1n) is 6.65. The van der Waals surface area contributed by atoms with E-state index in [4.69, 9.17) is 10.5 Å². The molecule has 1 saturated carbocycles. The van der Waals surface area contributed by atoms with Crippen LogP contribution in [0.4, 0.5) is 0 Å². The van der Waals surface area contributed by atoms with E-state index in [2.05, 4.69) is 32.0 Å². The normalized spacial score (nSPS) is 18.6. The van der Waals surface area contributed by atoms with Gasteiger partial charge in [0, 0.05) is 6.54 Å². The third-order valence-electron chi connectivity index (χ3n) is 3.75. The molecule has 0 amide bonds. The van der Waals surface area contributed by atoms with Gasteiger partial charge in [-0.05, 0) is 43.2 Å². The first-order chi connectivity index (χ1) is 8.17. The van der Waals surface area contributed by atoms with Gasteiger partial charge in [0.1, 0.15) is 11.4 Å². The van der Waals surface area contributed by atoms with Crippen LogP contribution in [0.5, 0.6) is 5.75 Å². The number of hydrogen-bond acceptors (Lipinski definition) is 2. The molecule has 0 atom stereocenters. The predicted molar refractivity (Wildman–Crippen MR) is 71.4 cm³/mol. The Morgan fingerprint density at radius 3 is 2.47 bits per heavy atom. The molecule has 2 N–H and O–H groups in total. The fourth-order valence-electron chi connectivity index (χ4n) is 2.65. The molecule has 0 bridgehead atoms. The van der Waals surface area contributed by atoms with Crippen molar-refractivity contribution in [2.24, 2.45) is 5.73 Å². The predicted octanol–water partition coefficient (Wildman–Crippen LogP) is 3.46. The summed E-state index contributed by atoms with van der Waals surface area (Å²) in [5.41, 5.74) is 7.10.